The fourth-order valence-corrected chi connectivity index (χ4v) is 1.67. The van der Waals surface area contributed by atoms with Crippen LogP contribution in [0.2, 0.25) is 0 Å². The first-order valence-electron chi connectivity index (χ1n) is 4.67. The van der Waals surface area contributed by atoms with Crippen LogP contribution in [0.4, 0.5) is 4.39 Å². The van der Waals surface area contributed by atoms with E-state index in [2.05, 4.69) is 25.9 Å². The zero-order valence-electron chi connectivity index (χ0n) is 8.52. The number of benzene rings is 1. The Morgan fingerprint density at radius 1 is 1.35 bits per heavy atom. The quantitative estimate of drug-likeness (QED) is 0.923. The third-order valence-electron chi connectivity index (χ3n) is 2.10. The summed E-state index contributed by atoms with van der Waals surface area (Å²) in [6, 6.07) is 6.13. The van der Waals surface area contributed by atoms with Gasteiger partial charge in [-0.25, -0.2) is 14.4 Å². The van der Waals surface area contributed by atoms with Crippen molar-refractivity contribution >= 4 is 21.8 Å². The first-order valence-corrected chi connectivity index (χ1v) is 5.46. The highest BCUT2D eigenvalue weighted by atomic mass is 79.9. The van der Waals surface area contributed by atoms with Crippen molar-refractivity contribution in [3.8, 4) is 11.4 Å². The Hall–Kier alpha value is -1.82. The topological polar surface area (TPSA) is 68.9 Å². The Morgan fingerprint density at radius 2 is 2.12 bits per heavy atom. The van der Waals surface area contributed by atoms with Gasteiger partial charge in [0.2, 0.25) is 0 Å². The molecule has 0 aliphatic carbocycles. The van der Waals surface area contributed by atoms with Crippen LogP contribution in [0.3, 0.4) is 0 Å². The first-order chi connectivity index (χ1) is 8.09. The molecule has 0 unspecified atom stereocenters. The molecule has 1 aromatic carbocycles. The maximum absolute atomic E-state index is 13.8. The summed E-state index contributed by atoms with van der Waals surface area (Å²) >= 11 is 3.07. The molecule has 0 radical (unpaired) electrons. The summed E-state index contributed by atoms with van der Waals surface area (Å²) in [7, 11) is 0. The Kier molecular flexibility index (Phi) is 3.14. The van der Waals surface area contributed by atoms with Gasteiger partial charge in [0.1, 0.15) is 11.5 Å². The van der Waals surface area contributed by atoms with Crippen molar-refractivity contribution in [2.75, 3.05) is 0 Å². The maximum atomic E-state index is 13.8. The summed E-state index contributed by atoms with van der Waals surface area (Å²) in [5, 5.41) is 0. The average Bonchev–Trinajstić information content (AvgIpc) is 2.33. The van der Waals surface area contributed by atoms with E-state index in [0.29, 0.717) is 4.47 Å². The second-order valence-electron chi connectivity index (χ2n) is 3.23. The van der Waals surface area contributed by atoms with Gasteiger partial charge in [-0.15, -0.1) is 0 Å². The number of rotatable bonds is 2. The van der Waals surface area contributed by atoms with Crippen LogP contribution < -0.4 is 5.73 Å². The predicted octanol–water partition coefficient (Wildman–Crippen LogP) is 2.14. The molecule has 0 aliphatic heterocycles. The number of nitrogens with zero attached hydrogens (tertiary/aromatic N) is 2. The van der Waals surface area contributed by atoms with Gasteiger partial charge in [-0.3, -0.25) is 4.79 Å². The number of amides is 1. The summed E-state index contributed by atoms with van der Waals surface area (Å²) in [6.07, 6.45) is 1.36. The minimum atomic E-state index is -0.677. The standard InChI is InChI=1S/C11H7BrFN3O/c12-7-3-1-2-6(9(7)13)11-15-5-4-8(16-11)10(14)17/h1-5H,(H2,14,17). The lowest BCUT2D eigenvalue weighted by atomic mass is 10.2. The van der Waals surface area contributed by atoms with Crippen molar-refractivity contribution in [1.82, 2.24) is 9.97 Å². The van der Waals surface area contributed by atoms with Gasteiger partial charge in [0.15, 0.2) is 5.82 Å². The van der Waals surface area contributed by atoms with Crippen LogP contribution in [-0.4, -0.2) is 15.9 Å². The molecule has 17 heavy (non-hydrogen) atoms. The lowest BCUT2D eigenvalue weighted by Gasteiger charge is -2.04. The van der Waals surface area contributed by atoms with Gasteiger partial charge in [-0.2, -0.15) is 0 Å². The van der Waals surface area contributed by atoms with Crippen LogP contribution in [0.25, 0.3) is 11.4 Å². The summed E-state index contributed by atoms with van der Waals surface area (Å²) in [4.78, 5) is 18.8. The average molecular weight is 296 g/mol. The van der Waals surface area contributed by atoms with Gasteiger partial charge in [-0.05, 0) is 34.1 Å². The number of primary amides is 1. The van der Waals surface area contributed by atoms with Crippen LogP contribution in [0.15, 0.2) is 34.9 Å². The Balaban J connectivity index is 2.57. The van der Waals surface area contributed by atoms with Crippen LogP contribution in [0, 0.1) is 5.82 Å². The fraction of sp³-hybridized carbons (Fsp3) is 0. The molecule has 1 aromatic heterocycles. The SMILES string of the molecule is NC(=O)c1ccnc(-c2cccc(Br)c2F)n1. The van der Waals surface area contributed by atoms with Gasteiger partial charge >= 0.3 is 0 Å². The summed E-state index contributed by atoms with van der Waals surface area (Å²) < 4.78 is 14.1. The van der Waals surface area contributed by atoms with Crippen LogP contribution in [0.1, 0.15) is 10.5 Å². The van der Waals surface area contributed by atoms with Crippen molar-refractivity contribution in [2.24, 2.45) is 5.73 Å². The molecule has 0 aliphatic rings. The number of carbonyl (C=O) groups excluding carboxylic acids is 1. The molecule has 2 aromatic rings. The number of carbonyl (C=O) groups is 1. The van der Waals surface area contributed by atoms with E-state index in [1.54, 1.807) is 12.1 Å². The number of hydrogen-bond acceptors (Lipinski definition) is 3. The zero-order chi connectivity index (χ0) is 12.4. The molecule has 6 heteroatoms. The number of aromatic nitrogens is 2. The second-order valence-corrected chi connectivity index (χ2v) is 4.09. The molecular formula is C11H7BrFN3O. The van der Waals surface area contributed by atoms with E-state index in [1.165, 1.54) is 18.3 Å². The molecule has 2 N–H and O–H groups in total. The smallest absolute Gasteiger partial charge is 0.267 e. The van der Waals surface area contributed by atoms with Crippen molar-refractivity contribution in [3.63, 3.8) is 0 Å². The molecule has 0 fully saturated rings. The summed E-state index contributed by atoms with van der Waals surface area (Å²) in [6.45, 7) is 0. The first kappa shape index (κ1) is 11.7. The van der Waals surface area contributed by atoms with Gasteiger partial charge in [-0.1, -0.05) is 6.07 Å². The van der Waals surface area contributed by atoms with E-state index in [1.807, 2.05) is 0 Å². The lowest BCUT2D eigenvalue weighted by Crippen LogP contribution is -2.13. The molecule has 1 heterocycles. The number of halogens is 2. The molecule has 0 atom stereocenters. The predicted molar refractivity (Wildman–Crippen MR) is 63.6 cm³/mol. The van der Waals surface area contributed by atoms with Crippen molar-refractivity contribution in [3.05, 3.63) is 46.4 Å². The highest BCUT2D eigenvalue weighted by Crippen LogP contribution is 2.25. The molecule has 0 saturated heterocycles. The lowest BCUT2D eigenvalue weighted by molar-refractivity contribution is 0.0995. The minimum absolute atomic E-state index is 0.0503. The van der Waals surface area contributed by atoms with E-state index in [-0.39, 0.29) is 17.1 Å². The van der Waals surface area contributed by atoms with Crippen LogP contribution in [0.5, 0.6) is 0 Å². The third-order valence-corrected chi connectivity index (χ3v) is 2.71. The molecule has 86 valence electrons. The van der Waals surface area contributed by atoms with Crippen LogP contribution in [-0.2, 0) is 0 Å². The van der Waals surface area contributed by atoms with E-state index in [9.17, 15) is 9.18 Å². The minimum Gasteiger partial charge on any atom is -0.364 e. The molecular weight excluding hydrogens is 289 g/mol. The van der Waals surface area contributed by atoms with Crippen molar-refractivity contribution < 1.29 is 9.18 Å². The molecule has 0 spiro atoms. The third kappa shape index (κ3) is 2.31. The monoisotopic (exact) mass is 295 g/mol. The van der Waals surface area contributed by atoms with Crippen molar-refractivity contribution in [1.29, 1.82) is 0 Å². The van der Waals surface area contributed by atoms with Gasteiger partial charge in [0.05, 0.1) is 10.0 Å². The summed E-state index contributed by atoms with van der Waals surface area (Å²) in [5.74, 6) is -1.03. The normalized spacial score (nSPS) is 10.2. The van der Waals surface area contributed by atoms with Gasteiger partial charge in [0.25, 0.3) is 5.91 Å². The summed E-state index contributed by atoms with van der Waals surface area (Å²) in [5.41, 5.74) is 5.36. The van der Waals surface area contributed by atoms with Crippen molar-refractivity contribution in [2.45, 2.75) is 0 Å². The molecule has 1 amide bonds. The number of nitrogens with two attached hydrogens (primary N) is 1. The Bertz CT molecular complexity index is 589. The van der Waals surface area contributed by atoms with E-state index in [4.69, 9.17) is 5.73 Å². The highest BCUT2D eigenvalue weighted by molar-refractivity contribution is 9.10. The highest BCUT2D eigenvalue weighted by Gasteiger charge is 2.12. The molecule has 4 nitrogen and oxygen atoms in total. The molecule has 0 bridgehead atoms. The van der Waals surface area contributed by atoms with E-state index >= 15 is 0 Å². The Labute approximate surface area is 105 Å². The van der Waals surface area contributed by atoms with Crippen LogP contribution >= 0.6 is 15.9 Å². The molecule has 2 rings (SSSR count). The van der Waals surface area contributed by atoms with E-state index in [0.717, 1.165) is 0 Å². The van der Waals surface area contributed by atoms with Gasteiger partial charge < -0.3 is 5.73 Å². The second kappa shape index (κ2) is 4.58. The largest absolute Gasteiger partial charge is 0.364 e. The Morgan fingerprint density at radius 3 is 2.82 bits per heavy atom. The molecule has 0 saturated carbocycles. The van der Waals surface area contributed by atoms with Gasteiger partial charge in [0, 0.05) is 6.20 Å². The van der Waals surface area contributed by atoms with E-state index < -0.39 is 11.7 Å². The maximum Gasteiger partial charge on any atom is 0.267 e. The zero-order valence-corrected chi connectivity index (χ0v) is 10.1. The fourth-order valence-electron chi connectivity index (χ4n) is 1.30. The number of hydrogen-bond donors (Lipinski definition) is 1.